The van der Waals surface area contributed by atoms with Crippen molar-refractivity contribution in [3.63, 3.8) is 0 Å². The molecule has 1 heterocycles. The molecule has 4 nitrogen and oxygen atoms in total. The fraction of sp³-hybridized carbons (Fsp3) is 0.333. The number of benzene rings is 1. The molecule has 0 spiro atoms. The van der Waals surface area contributed by atoms with Crippen molar-refractivity contribution >= 4 is 0 Å². The van der Waals surface area contributed by atoms with Gasteiger partial charge < -0.3 is 0 Å². The summed E-state index contributed by atoms with van der Waals surface area (Å²) in [6.45, 7) is 4.62. The van der Waals surface area contributed by atoms with E-state index < -0.39 is 0 Å². The Kier molecular flexibility index (Phi) is 4.32. The maximum absolute atomic E-state index is 9.11. The van der Waals surface area contributed by atoms with Crippen LogP contribution in [-0.2, 0) is 6.54 Å². The molecule has 0 saturated heterocycles. The molecule has 1 aromatic carbocycles. The van der Waals surface area contributed by atoms with Gasteiger partial charge in [-0.15, -0.1) is 0 Å². The van der Waals surface area contributed by atoms with Crippen LogP contribution in [0.5, 0.6) is 0 Å². The highest BCUT2D eigenvalue weighted by atomic mass is 15.3. The molecule has 0 aliphatic heterocycles. The normalized spacial score (nSPS) is 12.3. The SMILES string of the molecule is CC(C)NC(C#N)Cn1cc(-c2ccccc2)cn1. The van der Waals surface area contributed by atoms with Gasteiger partial charge in [-0.2, -0.15) is 10.4 Å². The minimum atomic E-state index is -0.219. The Morgan fingerprint density at radius 1 is 1.26 bits per heavy atom. The predicted octanol–water partition coefficient (Wildman–Crippen LogP) is 2.44. The molecular weight excluding hydrogens is 236 g/mol. The van der Waals surface area contributed by atoms with E-state index in [0.717, 1.165) is 11.1 Å². The Labute approximate surface area is 113 Å². The summed E-state index contributed by atoms with van der Waals surface area (Å²) in [5.41, 5.74) is 2.21. The van der Waals surface area contributed by atoms with Crippen LogP contribution in [0.2, 0.25) is 0 Å². The van der Waals surface area contributed by atoms with E-state index in [4.69, 9.17) is 5.26 Å². The second-order valence-corrected chi connectivity index (χ2v) is 4.82. The first-order chi connectivity index (χ1) is 9.19. The van der Waals surface area contributed by atoms with Crippen molar-refractivity contribution in [1.29, 1.82) is 5.26 Å². The lowest BCUT2D eigenvalue weighted by molar-refractivity contribution is 0.456. The highest BCUT2D eigenvalue weighted by Crippen LogP contribution is 2.17. The van der Waals surface area contributed by atoms with Crippen molar-refractivity contribution in [2.45, 2.75) is 32.5 Å². The van der Waals surface area contributed by atoms with Crippen molar-refractivity contribution in [3.05, 3.63) is 42.7 Å². The summed E-state index contributed by atoms with van der Waals surface area (Å²) in [4.78, 5) is 0. The number of rotatable bonds is 5. The van der Waals surface area contributed by atoms with E-state index in [1.54, 1.807) is 0 Å². The van der Waals surface area contributed by atoms with E-state index in [-0.39, 0.29) is 12.1 Å². The van der Waals surface area contributed by atoms with Crippen molar-refractivity contribution in [1.82, 2.24) is 15.1 Å². The zero-order valence-electron chi connectivity index (χ0n) is 11.2. The van der Waals surface area contributed by atoms with Gasteiger partial charge in [-0.05, 0) is 19.4 Å². The predicted molar refractivity (Wildman–Crippen MR) is 75.3 cm³/mol. The molecule has 0 aliphatic carbocycles. The van der Waals surface area contributed by atoms with Gasteiger partial charge in [0.05, 0.1) is 18.8 Å². The lowest BCUT2D eigenvalue weighted by Gasteiger charge is -2.14. The molecule has 1 atom stereocenters. The summed E-state index contributed by atoms with van der Waals surface area (Å²) in [7, 11) is 0. The summed E-state index contributed by atoms with van der Waals surface area (Å²) < 4.78 is 1.81. The third-order valence-electron chi connectivity index (χ3n) is 2.80. The smallest absolute Gasteiger partial charge is 0.115 e. The highest BCUT2D eigenvalue weighted by Gasteiger charge is 2.10. The molecule has 1 N–H and O–H groups in total. The molecule has 0 aliphatic rings. The van der Waals surface area contributed by atoms with Gasteiger partial charge in [-0.1, -0.05) is 30.3 Å². The van der Waals surface area contributed by atoms with Crippen LogP contribution in [0.1, 0.15) is 13.8 Å². The topological polar surface area (TPSA) is 53.6 Å². The van der Waals surface area contributed by atoms with Gasteiger partial charge in [0.2, 0.25) is 0 Å². The molecular formula is C15H18N4. The number of hydrogen-bond donors (Lipinski definition) is 1. The highest BCUT2D eigenvalue weighted by molar-refractivity contribution is 5.61. The Balaban J connectivity index is 2.07. The van der Waals surface area contributed by atoms with Crippen molar-refractivity contribution in [3.8, 4) is 17.2 Å². The van der Waals surface area contributed by atoms with E-state index >= 15 is 0 Å². The van der Waals surface area contributed by atoms with Crippen molar-refractivity contribution < 1.29 is 0 Å². The quantitative estimate of drug-likeness (QED) is 0.891. The number of nitrogens with zero attached hydrogens (tertiary/aromatic N) is 3. The lowest BCUT2D eigenvalue weighted by Crippen LogP contribution is -2.36. The van der Waals surface area contributed by atoms with Crippen LogP contribution in [0.15, 0.2) is 42.7 Å². The number of nitriles is 1. The molecule has 2 aromatic rings. The molecule has 19 heavy (non-hydrogen) atoms. The van der Waals surface area contributed by atoms with Crippen LogP contribution in [0.3, 0.4) is 0 Å². The minimum absolute atomic E-state index is 0.219. The van der Waals surface area contributed by atoms with Crippen LogP contribution < -0.4 is 5.32 Å². The average molecular weight is 254 g/mol. The summed E-state index contributed by atoms with van der Waals surface area (Å²) in [5, 5.41) is 16.6. The van der Waals surface area contributed by atoms with Gasteiger partial charge in [-0.3, -0.25) is 10.00 Å². The second-order valence-electron chi connectivity index (χ2n) is 4.82. The summed E-state index contributed by atoms with van der Waals surface area (Å²) in [6.07, 6.45) is 3.81. The van der Waals surface area contributed by atoms with Crippen LogP contribution in [0, 0.1) is 11.3 Å². The lowest BCUT2D eigenvalue weighted by atomic mass is 10.1. The van der Waals surface area contributed by atoms with E-state index in [0.29, 0.717) is 6.54 Å². The molecule has 0 radical (unpaired) electrons. The average Bonchev–Trinajstić information content (AvgIpc) is 2.87. The summed E-state index contributed by atoms with van der Waals surface area (Å²) in [5.74, 6) is 0. The molecule has 0 bridgehead atoms. The van der Waals surface area contributed by atoms with Gasteiger partial charge in [0.25, 0.3) is 0 Å². The standard InChI is InChI=1S/C15H18N4/c1-12(2)18-15(8-16)11-19-10-14(9-17-19)13-6-4-3-5-7-13/h3-7,9-10,12,15,18H,11H2,1-2H3. The van der Waals surface area contributed by atoms with Crippen molar-refractivity contribution in [2.24, 2.45) is 0 Å². The first kappa shape index (κ1) is 13.3. The summed E-state index contributed by atoms with van der Waals surface area (Å²) in [6, 6.07) is 12.4. The summed E-state index contributed by atoms with van der Waals surface area (Å²) >= 11 is 0. The monoisotopic (exact) mass is 254 g/mol. The second kappa shape index (κ2) is 6.17. The van der Waals surface area contributed by atoms with E-state index in [9.17, 15) is 0 Å². The number of aromatic nitrogens is 2. The number of hydrogen-bond acceptors (Lipinski definition) is 3. The van der Waals surface area contributed by atoms with Gasteiger partial charge in [0.15, 0.2) is 0 Å². The fourth-order valence-electron chi connectivity index (χ4n) is 1.96. The van der Waals surface area contributed by atoms with Gasteiger partial charge >= 0.3 is 0 Å². The van der Waals surface area contributed by atoms with E-state index in [1.807, 2.05) is 49.1 Å². The maximum Gasteiger partial charge on any atom is 0.115 e. The molecule has 1 aromatic heterocycles. The third-order valence-corrected chi connectivity index (χ3v) is 2.80. The largest absolute Gasteiger partial charge is 0.298 e. The van der Waals surface area contributed by atoms with Crippen LogP contribution in [0.4, 0.5) is 0 Å². The van der Waals surface area contributed by atoms with Crippen LogP contribution in [0.25, 0.3) is 11.1 Å². The first-order valence-corrected chi connectivity index (χ1v) is 6.42. The maximum atomic E-state index is 9.11. The van der Waals surface area contributed by atoms with Gasteiger partial charge in [0, 0.05) is 17.8 Å². The zero-order chi connectivity index (χ0) is 13.7. The van der Waals surface area contributed by atoms with Crippen molar-refractivity contribution in [2.75, 3.05) is 0 Å². The molecule has 4 heteroatoms. The Morgan fingerprint density at radius 3 is 2.63 bits per heavy atom. The molecule has 98 valence electrons. The minimum Gasteiger partial charge on any atom is -0.298 e. The Morgan fingerprint density at radius 2 is 2.00 bits per heavy atom. The fourth-order valence-corrected chi connectivity index (χ4v) is 1.96. The molecule has 1 unspecified atom stereocenters. The van der Waals surface area contributed by atoms with Gasteiger partial charge in [-0.25, -0.2) is 0 Å². The third kappa shape index (κ3) is 3.67. The van der Waals surface area contributed by atoms with E-state index in [1.165, 1.54) is 0 Å². The Bertz CT molecular complexity index is 551. The zero-order valence-corrected chi connectivity index (χ0v) is 11.2. The first-order valence-electron chi connectivity index (χ1n) is 6.42. The number of nitrogens with one attached hydrogen (secondary N) is 1. The molecule has 2 rings (SSSR count). The van der Waals surface area contributed by atoms with Crippen LogP contribution in [-0.4, -0.2) is 21.9 Å². The molecule has 0 amide bonds. The molecule has 0 fully saturated rings. The Hall–Kier alpha value is -2.12. The van der Waals surface area contributed by atoms with Gasteiger partial charge in [0.1, 0.15) is 6.04 Å². The molecule has 0 saturated carbocycles. The van der Waals surface area contributed by atoms with Crippen LogP contribution >= 0.6 is 0 Å². The van der Waals surface area contributed by atoms with E-state index in [2.05, 4.69) is 28.6 Å².